The van der Waals surface area contributed by atoms with Gasteiger partial charge in [-0.2, -0.15) is 0 Å². The molecule has 0 atom stereocenters. The van der Waals surface area contributed by atoms with Gasteiger partial charge in [-0.05, 0) is 42.7 Å². The van der Waals surface area contributed by atoms with E-state index in [9.17, 15) is 14.0 Å². The summed E-state index contributed by atoms with van der Waals surface area (Å²) in [5, 5.41) is 3.65. The number of benzene rings is 2. The highest BCUT2D eigenvalue weighted by atomic mass is 35.5. The Bertz CT molecular complexity index is 787. The third kappa shape index (κ3) is 4.61. The summed E-state index contributed by atoms with van der Waals surface area (Å²) in [5.41, 5.74) is 0.997. The van der Waals surface area contributed by atoms with Crippen molar-refractivity contribution in [2.45, 2.75) is 25.3 Å². The third-order valence-corrected chi connectivity index (χ3v) is 4.78. The van der Waals surface area contributed by atoms with Crippen LogP contribution in [0.4, 0.5) is 4.39 Å². The lowest BCUT2D eigenvalue weighted by molar-refractivity contribution is -0.121. The Morgan fingerprint density at radius 3 is 2.38 bits per heavy atom. The quantitative estimate of drug-likeness (QED) is 0.891. The number of hydrogen-bond donors (Lipinski definition) is 1. The number of carbonyl (C=O) groups excluding carboxylic acids is 2. The summed E-state index contributed by atoms with van der Waals surface area (Å²) in [6.07, 6.45) is 1.62. The molecule has 0 saturated carbocycles. The second kappa shape index (κ2) is 8.32. The van der Waals surface area contributed by atoms with Crippen LogP contribution in [0.2, 0.25) is 5.02 Å². The molecule has 0 spiro atoms. The molecule has 2 amide bonds. The fraction of sp³-hybridized carbons (Fsp3) is 0.300. The van der Waals surface area contributed by atoms with E-state index in [0.29, 0.717) is 37.4 Å². The molecule has 0 aromatic heterocycles. The molecule has 2 aromatic carbocycles. The molecule has 1 aliphatic heterocycles. The highest BCUT2D eigenvalue weighted by Gasteiger charge is 2.25. The Balaban J connectivity index is 1.49. The van der Waals surface area contributed by atoms with Gasteiger partial charge in [0.2, 0.25) is 5.91 Å². The maximum Gasteiger partial charge on any atom is 0.256 e. The monoisotopic (exact) mass is 374 g/mol. The van der Waals surface area contributed by atoms with Gasteiger partial charge in [-0.15, -0.1) is 0 Å². The molecule has 1 heterocycles. The van der Waals surface area contributed by atoms with Gasteiger partial charge in [-0.25, -0.2) is 4.39 Å². The number of halogens is 2. The molecule has 0 unspecified atom stereocenters. The second-order valence-corrected chi connectivity index (χ2v) is 6.85. The third-order valence-electron chi connectivity index (χ3n) is 4.53. The van der Waals surface area contributed by atoms with Crippen molar-refractivity contribution in [1.82, 2.24) is 10.2 Å². The van der Waals surface area contributed by atoms with Crippen LogP contribution in [0.3, 0.4) is 0 Å². The lowest BCUT2D eigenvalue weighted by Crippen LogP contribution is -2.47. The molecule has 6 heteroatoms. The van der Waals surface area contributed by atoms with E-state index >= 15 is 0 Å². The van der Waals surface area contributed by atoms with E-state index in [2.05, 4.69) is 5.32 Å². The SMILES string of the molecule is O=C(Cc1ccc(Cl)cc1)NC1CCN(C(=O)c2ccccc2F)CC1. The van der Waals surface area contributed by atoms with E-state index in [1.165, 1.54) is 12.1 Å². The van der Waals surface area contributed by atoms with E-state index in [0.717, 1.165) is 5.56 Å². The van der Waals surface area contributed by atoms with Crippen molar-refractivity contribution >= 4 is 23.4 Å². The number of likely N-dealkylation sites (tertiary alicyclic amines) is 1. The van der Waals surface area contributed by atoms with E-state index in [4.69, 9.17) is 11.6 Å². The van der Waals surface area contributed by atoms with E-state index in [-0.39, 0.29) is 23.4 Å². The molecule has 3 rings (SSSR count). The molecule has 0 bridgehead atoms. The summed E-state index contributed by atoms with van der Waals surface area (Å²) in [6.45, 7) is 0.998. The van der Waals surface area contributed by atoms with Gasteiger partial charge in [0.15, 0.2) is 0 Å². The van der Waals surface area contributed by atoms with Crippen LogP contribution in [-0.2, 0) is 11.2 Å². The van der Waals surface area contributed by atoms with Crippen molar-refractivity contribution in [3.05, 3.63) is 70.5 Å². The predicted octanol–water partition coefficient (Wildman–Crippen LogP) is 3.44. The Hall–Kier alpha value is -2.40. The van der Waals surface area contributed by atoms with E-state index < -0.39 is 5.82 Å². The standard InChI is InChI=1S/C20H20ClFN2O2/c21-15-7-5-14(6-8-15)13-19(25)23-16-9-11-24(12-10-16)20(26)17-3-1-2-4-18(17)22/h1-8,16H,9-13H2,(H,23,25). The largest absolute Gasteiger partial charge is 0.353 e. The van der Waals surface area contributed by atoms with Crippen molar-refractivity contribution in [3.63, 3.8) is 0 Å². The lowest BCUT2D eigenvalue weighted by atomic mass is 10.0. The number of nitrogens with zero attached hydrogens (tertiary/aromatic N) is 1. The predicted molar refractivity (Wildman–Crippen MR) is 98.6 cm³/mol. The molecule has 1 fully saturated rings. The summed E-state index contributed by atoms with van der Waals surface area (Å²) in [5.74, 6) is -0.851. The zero-order chi connectivity index (χ0) is 18.5. The van der Waals surface area contributed by atoms with Crippen LogP contribution in [0.5, 0.6) is 0 Å². The zero-order valence-electron chi connectivity index (χ0n) is 14.3. The molecule has 1 aliphatic rings. The van der Waals surface area contributed by atoms with Gasteiger partial charge < -0.3 is 10.2 Å². The zero-order valence-corrected chi connectivity index (χ0v) is 15.0. The van der Waals surface area contributed by atoms with Crippen molar-refractivity contribution in [1.29, 1.82) is 0 Å². The molecule has 4 nitrogen and oxygen atoms in total. The first kappa shape index (κ1) is 18.4. The van der Waals surface area contributed by atoms with Crippen LogP contribution >= 0.6 is 11.6 Å². The Morgan fingerprint density at radius 2 is 1.73 bits per heavy atom. The maximum absolute atomic E-state index is 13.8. The van der Waals surface area contributed by atoms with Crippen molar-refractivity contribution in [2.75, 3.05) is 13.1 Å². The minimum atomic E-state index is -0.504. The lowest BCUT2D eigenvalue weighted by Gasteiger charge is -2.32. The van der Waals surface area contributed by atoms with Crippen LogP contribution in [0.15, 0.2) is 48.5 Å². The van der Waals surface area contributed by atoms with Crippen LogP contribution in [-0.4, -0.2) is 35.8 Å². The minimum Gasteiger partial charge on any atom is -0.353 e. The average molecular weight is 375 g/mol. The minimum absolute atomic E-state index is 0.0273. The van der Waals surface area contributed by atoms with Gasteiger partial charge in [-0.3, -0.25) is 9.59 Å². The highest BCUT2D eigenvalue weighted by Crippen LogP contribution is 2.16. The molecule has 26 heavy (non-hydrogen) atoms. The van der Waals surface area contributed by atoms with Crippen LogP contribution in [0.25, 0.3) is 0 Å². The average Bonchev–Trinajstić information content (AvgIpc) is 2.64. The molecular formula is C20H20ClFN2O2. The van der Waals surface area contributed by atoms with Crippen LogP contribution in [0.1, 0.15) is 28.8 Å². The van der Waals surface area contributed by atoms with Crippen molar-refractivity contribution in [3.8, 4) is 0 Å². The molecule has 2 aromatic rings. The summed E-state index contributed by atoms with van der Waals surface area (Å²) >= 11 is 5.84. The van der Waals surface area contributed by atoms with Crippen molar-refractivity contribution < 1.29 is 14.0 Å². The molecule has 0 radical (unpaired) electrons. The van der Waals surface area contributed by atoms with Crippen LogP contribution in [0, 0.1) is 5.82 Å². The van der Waals surface area contributed by atoms with Gasteiger partial charge in [-0.1, -0.05) is 35.9 Å². The number of rotatable bonds is 4. The first-order valence-electron chi connectivity index (χ1n) is 8.60. The first-order valence-corrected chi connectivity index (χ1v) is 8.98. The fourth-order valence-corrected chi connectivity index (χ4v) is 3.22. The molecule has 0 aliphatic carbocycles. The summed E-state index contributed by atoms with van der Waals surface area (Å²) in [6, 6.07) is 13.2. The number of hydrogen-bond acceptors (Lipinski definition) is 2. The Kier molecular flexibility index (Phi) is 5.89. The topological polar surface area (TPSA) is 49.4 Å². The molecule has 136 valence electrons. The number of carbonyl (C=O) groups is 2. The summed E-state index contributed by atoms with van der Waals surface area (Å²) < 4.78 is 13.8. The fourth-order valence-electron chi connectivity index (χ4n) is 3.10. The smallest absolute Gasteiger partial charge is 0.256 e. The van der Waals surface area contributed by atoms with Gasteiger partial charge in [0.25, 0.3) is 5.91 Å². The van der Waals surface area contributed by atoms with Gasteiger partial charge >= 0.3 is 0 Å². The van der Waals surface area contributed by atoms with Crippen LogP contribution < -0.4 is 5.32 Å². The summed E-state index contributed by atoms with van der Waals surface area (Å²) in [4.78, 5) is 26.2. The Labute approximate surface area is 157 Å². The number of amides is 2. The van der Waals surface area contributed by atoms with Crippen molar-refractivity contribution in [2.24, 2.45) is 0 Å². The Morgan fingerprint density at radius 1 is 1.08 bits per heavy atom. The highest BCUT2D eigenvalue weighted by molar-refractivity contribution is 6.30. The van der Waals surface area contributed by atoms with Gasteiger partial charge in [0, 0.05) is 24.2 Å². The molecule has 1 saturated heterocycles. The summed E-state index contributed by atoms with van der Waals surface area (Å²) in [7, 11) is 0. The number of piperidine rings is 1. The number of nitrogens with one attached hydrogen (secondary N) is 1. The molecular weight excluding hydrogens is 355 g/mol. The first-order chi connectivity index (χ1) is 12.5. The van der Waals surface area contributed by atoms with E-state index in [1.807, 2.05) is 12.1 Å². The second-order valence-electron chi connectivity index (χ2n) is 6.42. The normalized spacial score (nSPS) is 14.9. The maximum atomic E-state index is 13.8. The molecule has 1 N–H and O–H groups in total. The van der Waals surface area contributed by atoms with E-state index in [1.54, 1.807) is 29.2 Å². The van der Waals surface area contributed by atoms with Gasteiger partial charge in [0.1, 0.15) is 5.82 Å². The van der Waals surface area contributed by atoms with Gasteiger partial charge in [0.05, 0.1) is 12.0 Å².